The number of hydrogen-bond donors (Lipinski definition) is 0. The highest BCUT2D eigenvalue weighted by Gasteiger charge is 2.16. The number of benzene rings is 7. The fourth-order valence-electron chi connectivity index (χ4n) is 6.60. The molecule has 0 fully saturated rings. The van der Waals surface area contributed by atoms with Crippen LogP contribution in [0.4, 0.5) is 34.1 Å². The molecule has 254 valence electrons. The number of nitrogens with zero attached hydrogens (tertiary/aromatic N) is 2. The van der Waals surface area contributed by atoms with Crippen molar-refractivity contribution in [1.29, 1.82) is 0 Å². The molecule has 52 heavy (non-hydrogen) atoms. The molecule has 7 rings (SSSR count). The van der Waals surface area contributed by atoms with Gasteiger partial charge in [-0.2, -0.15) is 0 Å². The van der Waals surface area contributed by atoms with Crippen LogP contribution in [0.5, 0.6) is 0 Å². The fraction of sp³-hybridized carbons (Fsp3) is 0.0800. The third kappa shape index (κ3) is 7.98. The highest BCUT2D eigenvalue weighted by Crippen LogP contribution is 2.38. The molecule has 0 aliphatic carbocycles. The summed E-state index contributed by atoms with van der Waals surface area (Å²) in [6, 6.07) is 60.7. The number of hydrogen-bond acceptors (Lipinski definition) is 2. The standard InChI is InChI=1S/C50H44N2/c1-37-16-34-49(40(4)35-37)51(45-11-7-5-8-12-45)47-30-26-43(27-31-47)24-22-41-18-20-42(21-19-41)23-25-44-28-32-48(33-29-44)52(46-13-9-6-10-14-46)50-36-38(2)15-17-39(50)3/h5-36H,1-4H3. The van der Waals surface area contributed by atoms with E-state index in [-0.39, 0.29) is 0 Å². The van der Waals surface area contributed by atoms with Crippen LogP contribution in [0, 0.1) is 27.7 Å². The van der Waals surface area contributed by atoms with E-state index in [1.165, 1.54) is 44.8 Å². The van der Waals surface area contributed by atoms with Gasteiger partial charge in [0.25, 0.3) is 0 Å². The maximum atomic E-state index is 2.34. The first-order chi connectivity index (χ1) is 25.4. The van der Waals surface area contributed by atoms with Crippen LogP contribution in [-0.2, 0) is 0 Å². The minimum Gasteiger partial charge on any atom is -0.310 e. The fourth-order valence-corrected chi connectivity index (χ4v) is 6.60. The van der Waals surface area contributed by atoms with Gasteiger partial charge < -0.3 is 9.80 Å². The monoisotopic (exact) mass is 672 g/mol. The summed E-state index contributed by atoms with van der Waals surface area (Å²) in [5, 5.41) is 0. The second kappa shape index (κ2) is 15.7. The first kappa shape index (κ1) is 34.1. The topological polar surface area (TPSA) is 6.48 Å². The second-order valence-corrected chi connectivity index (χ2v) is 13.4. The number of aryl methyl sites for hydroxylation is 4. The summed E-state index contributed by atoms with van der Waals surface area (Å²) in [5.74, 6) is 0. The first-order valence-corrected chi connectivity index (χ1v) is 17.9. The van der Waals surface area contributed by atoms with Crippen LogP contribution in [-0.4, -0.2) is 0 Å². The van der Waals surface area contributed by atoms with Crippen LogP contribution < -0.4 is 9.80 Å². The average Bonchev–Trinajstić information content (AvgIpc) is 3.18. The van der Waals surface area contributed by atoms with Crippen molar-refractivity contribution in [2.24, 2.45) is 0 Å². The SMILES string of the molecule is Cc1ccc(N(c2ccccc2)c2ccc(C=Cc3ccc(C=Cc4ccc(N(c5ccccc5)c5cc(C)ccc5C)cc4)cc3)cc2)c(C)c1. The summed E-state index contributed by atoms with van der Waals surface area (Å²) in [4.78, 5) is 4.66. The van der Waals surface area contributed by atoms with Crippen molar-refractivity contribution in [2.45, 2.75) is 27.7 Å². The van der Waals surface area contributed by atoms with Gasteiger partial charge in [0.05, 0.1) is 0 Å². The normalized spacial score (nSPS) is 11.3. The zero-order chi connectivity index (χ0) is 35.9. The molecule has 0 N–H and O–H groups in total. The van der Waals surface area contributed by atoms with Gasteiger partial charge in [0.1, 0.15) is 0 Å². The zero-order valence-electron chi connectivity index (χ0n) is 30.4. The van der Waals surface area contributed by atoms with E-state index >= 15 is 0 Å². The van der Waals surface area contributed by atoms with Gasteiger partial charge in [0.15, 0.2) is 0 Å². The maximum absolute atomic E-state index is 2.34. The lowest BCUT2D eigenvalue weighted by Crippen LogP contribution is -2.11. The minimum absolute atomic E-state index is 1.14. The molecule has 0 saturated carbocycles. The Bertz CT molecular complexity index is 2300. The first-order valence-electron chi connectivity index (χ1n) is 17.9. The second-order valence-electron chi connectivity index (χ2n) is 13.4. The average molecular weight is 673 g/mol. The molecule has 0 radical (unpaired) electrons. The van der Waals surface area contributed by atoms with E-state index in [9.17, 15) is 0 Å². The lowest BCUT2D eigenvalue weighted by atomic mass is 10.1. The van der Waals surface area contributed by atoms with E-state index < -0.39 is 0 Å². The molecular weight excluding hydrogens is 629 g/mol. The molecule has 0 heterocycles. The van der Waals surface area contributed by atoms with E-state index in [0.717, 1.165) is 33.9 Å². The minimum atomic E-state index is 1.14. The number of para-hydroxylation sites is 2. The molecule has 0 saturated heterocycles. The van der Waals surface area contributed by atoms with E-state index in [1.54, 1.807) is 0 Å². The van der Waals surface area contributed by atoms with Gasteiger partial charge in [0, 0.05) is 34.1 Å². The molecule has 7 aromatic carbocycles. The lowest BCUT2D eigenvalue weighted by Gasteiger charge is -2.27. The van der Waals surface area contributed by atoms with Crippen molar-refractivity contribution < 1.29 is 0 Å². The number of rotatable bonds is 10. The molecule has 0 aromatic heterocycles. The van der Waals surface area contributed by atoms with E-state index in [2.05, 4.69) is 232 Å². The Morgan fingerprint density at radius 2 is 0.673 bits per heavy atom. The van der Waals surface area contributed by atoms with Crippen LogP contribution >= 0.6 is 0 Å². The van der Waals surface area contributed by atoms with E-state index in [0.29, 0.717) is 0 Å². The summed E-state index contributed by atoms with van der Waals surface area (Å²) in [6.07, 6.45) is 8.71. The van der Waals surface area contributed by atoms with Gasteiger partial charge in [-0.1, -0.05) is 139 Å². The molecule has 0 unspecified atom stereocenters. The molecule has 0 aliphatic rings. The Kier molecular flexibility index (Phi) is 10.3. The van der Waals surface area contributed by atoms with Gasteiger partial charge >= 0.3 is 0 Å². The number of anilines is 6. The molecule has 0 spiro atoms. The van der Waals surface area contributed by atoms with Crippen molar-refractivity contribution in [2.75, 3.05) is 9.80 Å². The molecule has 0 atom stereocenters. The quantitative estimate of drug-likeness (QED) is 0.133. The molecular formula is C50H44N2. The van der Waals surface area contributed by atoms with Crippen molar-refractivity contribution in [3.63, 3.8) is 0 Å². The molecule has 2 heteroatoms. The Morgan fingerprint density at radius 1 is 0.308 bits per heavy atom. The summed E-state index contributed by atoms with van der Waals surface area (Å²) in [6.45, 7) is 8.65. The van der Waals surface area contributed by atoms with Crippen LogP contribution in [0.1, 0.15) is 44.5 Å². The van der Waals surface area contributed by atoms with Gasteiger partial charge in [-0.3, -0.25) is 0 Å². The molecule has 0 aliphatic heterocycles. The highest BCUT2D eigenvalue weighted by atomic mass is 15.1. The van der Waals surface area contributed by atoms with Crippen LogP contribution in [0.3, 0.4) is 0 Å². The van der Waals surface area contributed by atoms with Crippen LogP contribution in [0.25, 0.3) is 24.3 Å². The maximum Gasteiger partial charge on any atom is 0.0493 e. The van der Waals surface area contributed by atoms with Crippen molar-refractivity contribution in [3.8, 4) is 0 Å². The Morgan fingerprint density at radius 3 is 1.12 bits per heavy atom. The molecule has 0 bridgehead atoms. The van der Waals surface area contributed by atoms with E-state index in [4.69, 9.17) is 0 Å². The smallest absolute Gasteiger partial charge is 0.0493 e. The third-order valence-electron chi connectivity index (χ3n) is 9.40. The summed E-state index contributed by atoms with van der Waals surface area (Å²) < 4.78 is 0. The summed E-state index contributed by atoms with van der Waals surface area (Å²) >= 11 is 0. The summed E-state index contributed by atoms with van der Waals surface area (Å²) in [5.41, 5.74) is 16.6. The van der Waals surface area contributed by atoms with Crippen molar-refractivity contribution >= 4 is 58.4 Å². The van der Waals surface area contributed by atoms with Gasteiger partial charge in [-0.25, -0.2) is 0 Å². The highest BCUT2D eigenvalue weighted by molar-refractivity contribution is 5.81. The Hall–Kier alpha value is -6.38. The van der Waals surface area contributed by atoms with Crippen molar-refractivity contribution in [3.05, 3.63) is 214 Å². The van der Waals surface area contributed by atoms with Gasteiger partial charge in [0.2, 0.25) is 0 Å². The van der Waals surface area contributed by atoms with Crippen LogP contribution in [0.15, 0.2) is 170 Å². The van der Waals surface area contributed by atoms with Crippen molar-refractivity contribution in [1.82, 2.24) is 0 Å². The summed E-state index contributed by atoms with van der Waals surface area (Å²) in [7, 11) is 0. The molecule has 7 aromatic rings. The van der Waals surface area contributed by atoms with Gasteiger partial charge in [-0.15, -0.1) is 0 Å². The zero-order valence-corrected chi connectivity index (χ0v) is 30.4. The predicted molar refractivity (Wildman–Crippen MR) is 225 cm³/mol. The van der Waals surface area contributed by atoms with Crippen LogP contribution in [0.2, 0.25) is 0 Å². The van der Waals surface area contributed by atoms with E-state index in [1.807, 2.05) is 0 Å². The largest absolute Gasteiger partial charge is 0.310 e. The molecule has 0 amide bonds. The lowest BCUT2D eigenvalue weighted by molar-refractivity contribution is 1.24. The molecule has 2 nitrogen and oxygen atoms in total. The Balaban J connectivity index is 1.03. The van der Waals surface area contributed by atoms with Gasteiger partial charge in [-0.05, 0) is 127 Å². The third-order valence-corrected chi connectivity index (χ3v) is 9.40. The Labute approximate surface area is 309 Å². The predicted octanol–water partition coefficient (Wildman–Crippen LogP) is 14.2.